The molecule has 0 amide bonds. The van der Waals surface area contributed by atoms with Gasteiger partial charge in [0.2, 0.25) is 0 Å². The summed E-state index contributed by atoms with van der Waals surface area (Å²) in [5.41, 5.74) is 0. The van der Waals surface area contributed by atoms with Gasteiger partial charge in [-0.25, -0.2) is 4.98 Å². The van der Waals surface area contributed by atoms with Gasteiger partial charge in [-0.1, -0.05) is 6.92 Å². The summed E-state index contributed by atoms with van der Waals surface area (Å²) in [5.74, 6) is 0. The standard InChI is InChI=1S/C10H16N2OS/c1-2-10-11-5-9(14-10)7-12-4-3-8(13)6-12/h5,8,13H,2-4,6-7H2,1H3/t8-/m0/s1. The van der Waals surface area contributed by atoms with E-state index in [9.17, 15) is 5.11 Å². The average Bonchev–Trinajstić information content (AvgIpc) is 2.76. The lowest BCUT2D eigenvalue weighted by Gasteiger charge is -2.12. The summed E-state index contributed by atoms with van der Waals surface area (Å²) < 4.78 is 0. The van der Waals surface area contributed by atoms with Crippen LogP contribution in [-0.2, 0) is 13.0 Å². The van der Waals surface area contributed by atoms with Crippen molar-refractivity contribution in [2.45, 2.75) is 32.4 Å². The number of aromatic nitrogens is 1. The molecule has 0 spiro atoms. The number of hydrogen-bond donors (Lipinski definition) is 1. The van der Waals surface area contributed by atoms with Gasteiger partial charge in [-0.15, -0.1) is 11.3 Å². The van der Waals surface area contributed by atoms with Crippen LogP contribution in [-0.4, -0.2) is 34.2 Å². The lowest BCUT2D eigenvalue weighted by molar-refractivity contribution is 0.175. The summed E-state index contributed by atoms with van der Waals surface area (Å²) in [6.07, 6.45) is 3.79. The van der Waals surface area contributed by atoms with Gasteiger partial charge in [0.15, 0.2) is 0 Å². The Morgan fingerprint density at radius 2 is 2.57 bits per heavy atom. The SMILES string of the molecule is CCc1ncc(CN2CC[C@H](O)C2)s1. The Morgan fingerprint density at radius 1 is 1.71 bits per heavy atom. The molecule has 0 saturated carbocycles. The molecule has 0 aliphatic carbocycles. The third-order valence-corrected chi connectivity index (χ3v) is 3.66. The molecular formula is C10H16N2OS. The normalized spacial score (nSPS) is 23.1. The molecule has 1 aliphatic heterocycles. The van der Waals surface area contributed by atoms with E-state index in [-0.39, 0.29) is 6.10 Å². The highest BCUT2D eigenvalue weighted by Gasteiger charge is 2.20. The fourth-order valence-corrected chi connectivity index (χ4v) is 2.67. The van der Waals surface area contributed by atoms with Crippen molar-refractivity contribution in [3.8, 4) is 0 Å². The van der Waals surface area contributed by atoms with Crippen LogP contribution in [0.2, 0.25) is 0 Å². The minimum Gasteiger partial charge on any atom is -0.392 e. The number of likely N-dealkylation sites (tertiary alicyclic amines) is 1. The highest BCUT2D eigenvalue weighted by atomic mass is 32.1. The van der Waals surface area contributed by atoms with Gasteiger partial charge in [-0.3, -0.25) is 4.90 Å². The molecule has 0 bridgehead atoms. The van der Waals surface area contributed by atoms with Crippen LogP contribution in [0.15, 0.2) is 6.20 Å². The lowest BCUT2D eigenvalue weighted by Crippen LogP contribution is -2.20. The summed E-state index contributed by atoms with van der Waals surface area (Å²) in [7, 11) is 0. The van der Waals surface area contributed by atoms with E-state index in [1.165, 1.54) is 9.88 Å². The van der Waals surface area contributed by atoms with Crippen molar-refractivity contribution in [3.63, 3.8) is 0 Å². The molecule has 0 radical (unpaired) electrons. The second-order valence-electron chi connectivity index (χ2n) is 3.75. The summed E-state index contributed by atoms with van der Waals surface area (Å²) >= 11 is 1.79. The zero-order chi connectivity index (χ0) is 9.97. The first-order valence-electron chi connectivity index (χ1n) is 5.12. The maximum Gasteiger partial charge on any atom is 0.0925 e. The first-order chi connectivity index (χ1) is 6.78. The Balaban J connectivity index is 1.90. The van der Waals surface area contributed by atoms with Gasteiger partial charge in [0.25, 0.3) is 0 Å². The van der Waals surface area contributed by atoms with Crippen molar-refractivity contribution in [1.29, 1.82) is 0 Å². The molecule has 14 heavy (non-hydrogen) atoms. The summed E-state index contributed by atoms with van der Waals surface area (Å²) in [5, 5.41) is 10.6. The molecule has 2 rings (SSSR count). The number of hydrogen-bond acceptors (Lipinski definition) is 4. The smallest absolute Gasteiger partial charge is 0.0925 e. The number of aliphatic hydroxyl groups is 1. The van der Waals surface area contributed by atoms with Gasteiger partial charge in [0.05, 0.1) is 11.1 Å². The predicted molar refractivity (Wildman–Crippen MR) is 57.4 cm³/mol. The number of β-amino-alcohol motifs (C(OH)–C–C–N with tert-alkyl or cyclic N) is 1. The van der Waals surface area contributed by atoms with Crippen LogP contribution in [0.3, 0.4) is 0 Å². The van der Waals surface area contributed by atoms with Crippen molar-refractivity contribution < 1.29 is 5.11 Å². The van der Waals surface area contributed by atoms with Gasteiger partial charge in [0.1, 0.15) is 0 Å². The van der Waals surface area contributed by atoms with Crippen molar-refractivity contribution in [2.24, 2.45) is 0 Å². The summed E-state index contributed by atoms with van der Waals surface area (Å²) in [6, 6.07) is 0. The Kier molecular flexibility index (Phi) is 3.15. The molecule has 1 N–H and O–H groups in total. The van der Waals surface area contributed by atoms with Gasteiger partial charge >= 0.3 is 0 Å². The predicted octanol–water partition coefficient (Wildman–Crippen LogP) is 1.27. The van der Waals surface area contributed by atoms with Crippen LogP contribution >= 0.6 is 11.3 Å². The molecule has 1 aromatic rings. The molecule has 1 atom stereocenters. The van der Waals surface area contributed by atoms with E-state index in [1.54, 1.807) is 11.3 Å². The Hall–Kier alpha value is -0.450. The Morgan fingerprint density at radius 3 is 3.14 bits per heavy atom. The highest BCUT2D eigenvalue weighted by Crippen LogP contribution is 2.18. The van der Waals surface area contributed by atoms with Gasteiger partial charge < -0.3 is 5.11 Å². The second kappa shape index (κ2) is 4.38. The lowest BCUT2D eigenvalue weighted by atomic mass is 10.3. The minimum atomic E-state index is -0.117. The zero-order valence-electron chi connectivity index (χ0n) is 8.44. The van der Waals surface area contributed by atoms with Crippen LogP contribution in [0, 0.1) is 0 Å². The molecular weight excluding hydrogens is 196 g/mol. The van der Waals surface area contributed by atoms with Crippen molar-refractivity contribution in [3.05, 3.63) is 16.1 Å². The average molecular weight is 212 g/mol. The number of nitrogens with zero attached hydrogens (tertiary/aromatic N) is 2. The summed E-state index contributed by atoms with van der Waals surface area (Å²) in [6.45, 7) is 4.91. The molecule has 1 aliphatic rings. The largest absolute Gasteiger partial charge is 0.392 e. The molecule has 1 fully saturated rings. The molecule has 1 saturated heterocycles. The van der Waals surface area contributed by atoms with Gasteiger partial charge in [-0.2, -0.15) is 0 Å². The summed E-state index contributed by atoms with van der Waals surface area (Å²) in [4.78, 5) is 7.93. The number of thiazole rings is 1. The molecule has 78 valence electrons. The highest BCUT2D eigenvalue weighted by molar-refractivity contribution is 7.11. The first-order valence-corrected chi connectivity index (χ1v) is 5.93. The zero-order valence-corrected chi connectivity index (χ0v) is 9.26. The van der Waals surface area contributed by atoms with E-state index >= 15 is 0 Å². The number of aliphatic hydroxyl groups excluding tert-OH is 1. The van der Waals surface area contributed by atoms with Crippen molar-refractivity contribution >= 4 is 11.3 Å². The number of rotatable bonds is 3. The van der Waals surface area contributed by atoms with Crippen molar-refractivity contribution in [2.75, 3.05) is 13.1 Å². The topological polar surface area (TPSA) is 36.4 Å². The molecule has 3 nitrogen and oxygen atoms in total. The Bertz CT molecular complexity index is 300. The van der Waals surface area contributed by atoms with Crippen LogP contribution < -0.4 is 0 Å². The fraction of sp³-hybridized carbons (Fsp3) is 0.700. The molecule has 4 heteroatoms. The minimum absolute atomic E-state index is 0.117. The first kappa shape index (κ1) is 10.1. The van der Waals surface area contributed by atoms with Gasteiger partial charge in [-0.05, 0) is 12.8 Å². The van der Waals surface area contributed by atoms with Crippen LogP contribution in [0.5, 0.6) is 0 Å². The van der Waals surface area contributed by atoms with Crippen LogP contribution in [0.4, 0.5) is 0 Å². The van der Waals surface area contributed by atoms with E-state index in [0.29, 0.717) is 0 Å². The molecule has 2 heterocycles. The van der Waals surface area contributed by atoms with Crippen LogP contribution in [0.1, 0.15) is 23.2 Å². The third kappa shape index (κ3) is 2.32. The van der Waals surface area contributed by atoms with E-state index in [4.69, 9.17) is 0 Å². The number of aryl methyl sites for hydroxylation is 1. The van der Waals surface area contributed by atoms with E-state index in [2.05, 4.69) is 16.8 Å². The quantitative estimate of drug-likeness (QED) is 0.819. The van der Waals surface area contributed by atoms with Crippen LogP contribution in [0.25, 0.3) is 0 Å². The Labute approximate surface area is 88.4 Å². The van der Waals surface area contributed by atoms with E-state index < -0.39 is 0 Å². The second-order valence-corrected chi connectivity index (χ2v) is 4.95. The monoisotopic (exact) mass is 212 g/mol. The van der Waals surface area contributed by atoms with Crippen molar-refractivity contribution in [1.82, 2.24) is 9.88 Å². The molecule has 1 aromatic heterocycles. The fourth-order valence-electron chi connectivity index (χ4n) is 1.76. The van der Waals surface area contributed by atoms with Gasteiger partial charge in [0, 0.05) is 30.7 Å². The molecule has 0 unspecified atom stereocenters. The molecule has 0 aromatic carbocycles. The van der Waals surface area contributed by atoms with E-state index in [1.807, 2.05) is 6.20 Å². The maximum atomic E-state index is 9.38. The van der Waals surface area contributed by atoms with E-state index in [0.717, 1.165) is 32.5 Å². The maximum absolute atomic E-state index is 9.38. The third-order valence-electron chi connectivity index (χ3n) is 2.53.